The summed E-state index contributed by atoms with van der Waals surface area (Å²) in [5.74, 6) is 0.578. The Balaban J connectivity index is 1.68. The Labute approximate surface area is 153 Å². The van der Waals surface area contributed by atoms with E-state index in [1.54, 1.807) is 20.0 Å². The predicted molar refractivity (Wildman–Crippen MR) is 98.4 cm³/mol. The molecule has 0 saturated heterocycles. The van der Waals surface area contributed by atoms with Crippen molar-refractivity contribution in [2.45, 2.75) is 39.2 Å². The van der Waals surface area contributed by atoms with E-state index >= 15 is 0 Å². The molecule has 1 aliphatic carbocycles. The van der Waals surface area contributed by atoms with Crippen LogP contribution in [0.2, 0.25) is 0 Å². The molecule has 6 nitrogen and oxygen atoms in total. The standard InChI is InChI=1S/C20H24N2O4/c1-13-17(19(23)25-3)11-15(26-13)12-22(2)20(24)21-18-10-6-8-14-7-4-5-9-16(14)18/h6,8,10-11H,4-5,7,9,12H2,1-3H3,(H,21,24). The van der Waals surface area contributed by atoms with E-state index in [1.165, 1.54) is 29.6 Å². The molecule has 26 heavy (non-hydrogen) atoms. The number of nitrogens with one attached hydrogen (secondary N) is 1. The van der Waals surface area contributed by atoms with E-state index in [2.05, 4.69) is 11.4 Å². The Bertz CT molecular complexity index is 825. The molecule has 0 fully saturated rings. The lowest BCUT2D eigenvalue weighted by Gasteiger charge is -2.22. The molecule has 1 aliphatic rings. The zero-order chi connectivity index (χ0) is 18.7. The van der Waals surface area contributed by atoms with Gasteiger partial charge in [0.2, 0.25) is 0 Å². The van der Waals surface area contributed by atoms with Gasteiger partial charge in [0.1, 0.15) is 17.1 Å². The SMILES string of the molecule is COC(=O)c1cc(CN(C)C(=O)Nc2cccc3c2CCCC3)oc1C. The second-order valence-electron chi connectivity index (χ2n) is 6.61. The minimum atomic E-state index is -0.444. The summed E-state index contributed by atoms with van der Waals surface area (Å²) < 4.78 is 10.3. The van der Waals surface area contributed by atoms with Gasteiger partial charge in [-0.25, -0.2) is 9.59 Å². The quantitative estimate of drug-likeness (QED) is 0.843. The summed E-state index contributed by atoms with van der Waals surface area (Å²) in [6.07, 6.45) is 4.41. The van der Waals surface area contributed by atoms with Crippen LogP contribution in [0.3, 0.4) is 0 Å². The number of rotatable bonds is 4. The average molecular weight is 356 g/mol. The van der Waals surface area contributed by atoms with Crippen molar-refractivity contribution >= 4 is 17.7 Å². The number of esters is 1. The van der Waals surface area contributed by atoms with Crippen molar-refractivity contribution in [1.82, 2.24) is 4.90 Å². The summed E-state index contributed by atoms with van der Waals surface area (Å²) in [5.41, 5.74) is 3.82. The number of carbonyl (C=O) groups excluding carboxylic acids is 2. The number of ether oxygens (including phenoxy) is 1. The highest BCUT2D eigenvalue weighted by Crippen LogP contribution is 2.28. The van der Waals surface area contributed by atoms with Crippen molar-refractivity contribution in [2.75, 3.05) is 19.5 Å². The Morgan fingerprint density at radius 3 is 2.81 bits per heavy atom. The van der Waals surface area contributed by atoms with Gasteiger partial charge in [0.25, 0.3) is 0 Å². The van der Waals surface area contributed by atoms with Gasteiger partial charge in [-0.2, -0.15) is 0 Å². The Hall–Kier alpha value is -2.76. The normalized spacial score (nSPS) is 13.0. The first-order chi connectivity index (χ1) is 12.5. The third-order valence-corrected chi connectivity index (χ3v) is 4.75. The molecule has 2 aromatic rings. The summed E-state index contributed by atoms with van der Waals surface area (Å²) in [6, 6.07) is 7.47. The molecular weight excluding hydrogens is 332 g/mol. The van der Waals surface area contributed by atoms with E-state index < -0.39 is 5.97 Å². The highest BCUT2D eigenvalue weighted by atomic mass is 16.5. The van der Waals surface area contributed by atoms with E-state index in [4.69, 9.17) is 9.15 Å². The Morgan fingerprint density at radius 1 is 1.27 bits per heavy atom. The summed E-state index contributed by atoms with van der Waals surface area (Å²) in [4.78, 5) is 25.8. The minimum absolute atomic E-state index is 0.211. The largest absolute Gasteiger partial charge is 0.465 e. The first-order valence-corrected chi connectivity index (χ1v) is 8.80. The minimum Gasteiger partial charge on any atom is -0.465 e. The van der Waals surface area contributed by atoms with Gasteiger partial charge in [0, 0.05) is 12.7 Å². The van der Waals surface area contributed by atoms with Gasteiger partial charge in [0.05, 0.1) is 13.7 Å². The van der Waals surface area contributed by atoms with Gasteiger partial charge >= 0.3 is 12.0 Å². The number of urea groups is 1. The van der Waals surface area contributed by atoms with E-state index in [-0.39, 0.29) is 12.6 Å². The lowest BCUT2D eigenvalue weighted by molar-refractivity contribution is 0.0598. The van der Waals surface area contributed by atoms with Crippen LogP contribution < -0.4 is 5.32 Å². The maximum Gasteiger partial charge on any atom is 0.341 e. The molecule has 1 aromatic carbocycles. The Kier molecular flexibility index (Phi) is 5.30. The van der Waals surface area contributed by atoms with E-state index in [0.717, 1.165) is 24.9 Å². The summed E-state index contributed by atoms with van der Waals surface area (Å²) in [7, 11) is 3.02. The second-order valence-corrected chi connectivity index (χ2v) is 6.61. The lowest BCUT2D eigenvalue weighted by Crippen LogP contribution is -2.31. The second kappa shape index (κ2) is 7.64. The van der Waals surface area contributed by atoms with Gasteiger partial charge in [0.15, 0.2) is 0 Å². The first kappa shape index (κ1) is 18.0. The molecule has 1 N–H and O–H groups in total. The van der Waals surface area contributed by atoms with Crippen LogP contribution in [-0.2, 0) is 24.1 Å². The van der Waals surface area contributed by atoms with Crippen molar-refractivity contribution in [1.29, 1.82) is 0 Å². The summed E-state index contributed by atoms with van der Waals surface area (Å²) in [5, 5.41) is 3.00. The number of fused-ring (bicyclic) bond motifs is 1. The Morgan fingerprint density at radius 2 is 2.04 bits per heavy atom. The molecule has 138 valence electrons. The first-order valence-electron chi connectivity index (χ1n) is 8.80. The number of anilines is 1. The van der Waals surface area contributed by atoms with Gasteiger partial charge < -0.3 is 19.4 Å². The number of carbonyl (C=O) groups is 2. The van der Waals surface area contributed by atoms with E-state index in [1.807, 2.05) is 12.1 Å². The molecule has 0 unspecified atom stereocenters. The van der Waals surface area contributed by atoms with Crippen molar-refractivity contribution < 1.29 is 18.7 Å². The fourth-order valence-electron chi connectivity index (χ4n) is 3.35. The van der Waals surface area contributed by atoms with Gasteiger partial charge in [-0.1, -0.05) is 12.1 Å². The van der Waals surface area contributed by atoms with Gasteiger partial charge in [-0.3, -0.25) is 0 Å². The van der Waals surface area contributed by atoms with E-state index in [0.29, 0.717) is 17.1 Å². The molecule has 0 atom stereocenters. The number of hydrogen-bond donors (Lipinski definition) is 1. The molecule has 0 bridgehead atoms. The number of nitrogens with zero attached hydrogens (tertiary/aromatic N) is 1. The topological polar surface area (TPSA) is 71.8 Å². The average Bonchev–Trinajstić information content (AvgIpc) is 3.01. The fourth-order valence-corrected chi connectivity index (χ4v) is 3.35. The third-order valence-electron chi connectivity index (χ3n) is 4.75. The number of aryl methyl sites for hydroxylation is 2. The van der Waals surface area contributed by atoms with Crippen molar-refractivity contribution in [3.8, 4) is 0 Å². The van der Waals surface area contributed by atoms with Gasteiger partial charge in [-0.15, -0.1) is 0 Å². The van der Waals surface area contributed by atoms with Crippen LogP contribution >= 0.6 is 0 Å². The van der Waals surface area contributed by atoms with Crippen LogP contribution in [-0.4, -0.2) is 31.1 Å². The highest BCUT2D eigenvalue weighted by molar-refractivity contribution is 5.91. The molecule has 2 amide bonds. The number of methoxy groups -OCH3 is 1. The zero-order valence-corrected chi connectivity index (χ0v) is 15.4. The van der Waals surface area contributed by atoms with Crippen LogP contribution in [0.5, 0.6) is 0 Å². The van der Waals surface area contributed by atoms with Crippen LogP contribution in [0.1, 0.15) is 45.8 Å². The monoisotopic (exact) mass is 356 g/mol. The summed E-state index contributed by atoms with van der Waals surface area (Å²) >= 11 is 0. The lowest BCUT2D eigenvalue weighted by atomic mass is 9.90. The molecule has 0 saturated carbocycles. The van der Waals surface area contributed by atoms with Crippen molar-refractivity contribution in [3.05, 3.63) is 52.5 Å². The summed E-state index contributed by atoms with van der Waals surface area (Å²) in [6.45, 7) is 1.96. The molecular formula is C20H24N2O4. The van der Waals surface area contributed by atoms with Crippen LogP contribution in [0.4, 0.5) is 10.5 Å². The number of hydrogen-bond acceptors (Lipinski definition) is 4. The highest BCUT2D eigenvalue weighted by Gasteiger charge is 2.19. The molecule has 6 heteroatoms. The molecule has 1 heterocycles. The molecule has 0 radical (unpaired) electrons. The smallest absolute Gasteiger partial charge is 0.341 e. The number of furan rings is 1. The van der Waals surface area contributed by atoms with E-state index in [9.17, 15) is 9.59 Å². The van der Waals surface area contributed by atoms with Crippen LogP contribution in [0.25, 0.3) is 0 Å². The zero-order valence-electron chi connectivity index (χ0n) is 15.4. The van der Waals surface area contributed by atoms with Gasteiger partial charge in [-0.05, 0) is 55.9 Å². The molecule has 0 aliphatic heterocycles. The van der Waals surface area contributed by atoms with Crippen LogP contribution in [0.15, 0.2) is 28.7 Å². The van der Waals surface area contributed by atoms with Crippen molar-refractivity contribution in [2.24, 2.45) is 0 Å². The predicted octanol–water partition coefficient (Wildman–Crippen LogP) is 3.92. The molecule has 3 rings (SSSR count). The number of amides is 2. The third kappa shape index (κ3) is 3.74. The maximum atomic E-state index is 12.6. The fraction of sp³-hybridized carbons (Fsp3) is 0.400. The molecule has 0 spiro atoms. The maximum absolute atomic E-state index is 12.6. The molecule has 1 aromatic heterocycles. The number of benzene rings is 1. The van der Waals surface area contributed by atoms with Crippen molar-refractivity contribution in [3.63, 3.8) is 0 Å². The van der Waals surface area contributed by atoms with Crippen LogP contribution in [0, 0.1) is 6.92 Å².